The molecule has 20 heavy (non-hydrogen) atoms. The third-order valence-electron chi connectivity index (χ3n) is 5.08. The first-order valence-electron chi connectivity index (χ1n) is 7.98. The van der Waals surface area contributed by atoms with Crippen LogP contribution < -0.4 is 5.32 Å². The van der Waals surface area contributed by atoms with Crippen LogP contribution in [0, 0.1) is 11.8 Å². The third-order valence-corrected chi connectivity index (χ3v) is 5.08. The van der Waals surface area contributed by atoms with E-state index in [0.29, 0.717) is 5.92 Å². The minimum absolute atomic E-state index is 0.0307. The molecule has 1 N–H and O–H groups in total. The van der Waals surface area contributed by atoms with Crippen LogP contribution in [0.5, 0.6) is 0 Å². The zero-order chi connectivity index (χ0) is 14.9. The Morgan fingerprint density at radius 1 is 1.15 bits per heavy atom. The summed E-state index contributed by atoms with van der Waals surface area (Å²) in [6, 6.07) is -0.334. The lowest BCUT2D eigenvalue weighted by molar-refractivity contribution is -0.153. The van der Waals surface area contributed by atoms with Crippen LogP contribution in [0.4, 0.5) is 0 Å². The molecule has 2 fully saturated rings. The average molecular weight is 280 g/mol. The van der Waals surface area contributed by atoms with Gasteiger partial charge in [-0.2, -0.15) is 0 Å². The fraction of sp³-hybridized carbons (Fsp3) is 0.875. The maximum absolute atomic E-state index is 12.5. The number of nitrogens with zero attached hydrogens (tertiary/aromatic N) is 1. The molecule has 0 aromatic heterocycles. The van der Waals surface area contributed by atoms with E-state index < -0.39 is 5.54 Å². The summed E-state index contributed by atoms with van der Waals surface area (Å²) in [7, 11) is 0. The van der Waals surface area contributed by atoms with Gasteiger partial charge in [0.05, 0.1) is 0 Å². The van der Waals surface area contributed by atoms with Crippen molar-refractivity contribution in [2.24, 2.45) is 11.8 Å². The second-order valence-electron chi connectivity index (χ2n) is 7.04. The summed E-state index contributed by atoms with van der Waals surface area (Å²) in [6.45, 7) is 8.42. The monoisotopic (exact) mass is 280 g/mol. The van der Waals surface area contributed by atoms with Gasteiger partial charge in [0.15, 0.2) is 0 Å². The van der Waals surface area contributed by atoms with Gasteiger partial charge in [-0.25, -0.2) is 0 Å². The number of amides is 2. The first-order valence-corrected chi connectivity index (χ1v) is 7.98. The van der Waals surface area contributed by atoms with Crippen molar-refractivity contribution >= 4 is 11.8 Å². The van der Waals surface area contributed by atoms with E-state index in [0.717, 1.165) is 12.5 Å². The molecule has 4 nitrogen and oxygen atoms in total. The van der Waals surface area contributed by atoms with E-state index in [4.69, 9.17) is 0 Å². The number of carbonyl (C=O) groups is 2. The van der Waals surface area contributed by atoms with Crippen molar-refractivity contribution in [3.05, 3.63) is 0 Å². The molecule has 1 unspecified atom stereocenters. The highest BCUT2D eigenvalue weighted by atomic mass is 16.2. The number of hydrogen-bond acceptors (Lipinski definition) is 2. The van der Waals surface area contributed by atoms with Gasteiger partial charge in [-0.15, -0.1) is 0 Å². The van der Waals surface area contributed by atoms with E-state index >= 15 is 0 Å². The summed E-state index contributed by atoms with van der Waals surface area (Å²) in [5.74, 6) is 1.45. The molecule has 2 amide bonds. The second kappa shape index (κ2) is 5.74. The zero-order valence-electron chi connectivity index (χ0n) is 13.2. The largest absolute Gasteiger partial charge is 0.340 e. The highest BCUT2D eigenvalue weighted by Crippen LogP contribution is 2.32. The van der Waals surface area contributed by atoms with Crippen molar-refractivity contribution in [2.75, 3.05) is 6.54 Å². The minimum Gasteiger partial charge on any atom is -0.340 e. The number of hydrogen-bond donors (Lipinski definition) is 1. The van der Waals surface area contributed by atoms with Gasteiger partial charge in [0, 0.05) is 6.54 Å². The summed E-state index contributed by atoms with van der Waals surface area (Å²) in [5.41, 5.74) is -0.760. The molecule has 114 valence electrons. The fourth-order valence-corrected chi connectivity index (χ4v) is 3.48. The van der Waals surface area contributed by atoms with E-state index in [-0.39, 0.29) is 17.9 Å². The van der Waals surface area contributed by atoms with E-state index in [1.54, 1.807) is 18.7 Å². The van der Waals surface area contributed by atoms with Gasteiger partial charge in [0.2, 0.25) is 11.8 Å². The number of piperazine rings is 1. The van der Waals surface area contributed by atoms with Crippen LogP contribution in [0.25, 0.3) is 0 Å². The molecule has 1 saturated carbocycles. The molecule has 0 bridgehead atoms. The van der Waals surface area contributed by atoms with Crippen molar-refractivity contribution in [3.8, 4) is 0 Å². The van der Waals surface area contributed by atoms with Crippen LogP contribution in [0.3, 0.4) is 0 Å². The molecule has 2 aliphatic rings. The lowest BCUT2D eigenvalue weighted by Crippen LogP contribution is -2.67. The van der Waals surface area contributed by atoms with Gasteiger partial charge in [-0.3, -0.25) is 9.59 Å². The van der Waals surface area contributed by atoms with Crippen LogP contribution in [0.1, 0.15) is 59.8 Å². The van der Waals surface area contributed by atoms with Crippen molar-refractivity contribution in [1.29, 1.82) is 0 Å². The van der Waals surface area contributed by atoms with Crippen molar-refractivity contribution in [1.82, 2.24) is 10.2 Å². The lowest BCUT2D eigenvalue weighted by atomic mass is 9.80. The van der Waals surface area contributed by atoms with E-state index in [2.05, 4.69) is 12.2 Å². The Morgan fingerprint density at radius 3 is 2.25 bits per heavy atom. The molecule has 2 rings (SSSR count). The van der Waals surface area contributed by atoms with Gasteiger partial charge in [-0.05, 0) is 45.4 Å². The number of rotatable bonds is 3. The quantitative estimate of drug-likeness (QED) is 0.862. The van der Waals surface area contributed by atoms with Crippen LogP contribution in [0.15, 0.2) is 0 Å². The normalized spacial score (nSPS) is 34.0. The SMILES string of the molecule is CCC1CCC(CN2C(=O)C(C)(C)NC(=O)C2C)CC1. The molecule has 1 aliphatic heterocycles. The predicted octanol–water partition coefficient (Wildman–Crippen LogP) is 2.33. The second-order valence-corrected chi connectivity index (χ2v) is 7.04. The van der Waals surface area contributed by atoms with Gasteiger partial charge >= 0.3 is 0 Å². The van der Waals surface area contributed by atoms with Gasteiger partial charge < -0.3 is 10.2 Å². The fourth-order valence-electron chi connectivity index (χ4n) is 3.48. The van der Waals surface area contributed by atoms with Crippen LogP contribution in [0.2, 0.25) is 0 Å². The van der Waals surface area contributed by atoms with E-state index in [1.165, 1.54) is 32.1 Å². The molecule has 1 heterocycles. The maximum Gasteiger partial charge on any atom is 0.248 e. The van der Waals surface area contributed by atoms with Crippen LogP contribution in [-0.4, -0.2) is 34.8 Å². The van der Waals surface area contributed by atoms with Gasteiger partial charge in [0.1, 0.15) is 11.6 Å². The van der Waals surface area contributed by atoms with Crippen LogP contribution >= 0.6 is 0 Å². The van der Waals surface area contributed by atoms with E-state index in [9.17, 15) is 9.59 Å². The van der Waals surface area contributed by atoms with Crippen LogP contribution in [-0.2, 0) is 9.59 Å². The lowest BCUT2D eigenvalue weighted by Gasteiger charge is -2.43. The van der Waals surface area contributed by atoms with Crippen molar-refractivity contribution in [2.45, 2.75) is 71.4 Å². The molecule has 1 saturated heterocycles. The van der Waals surface area contributed by atoms with E-state index in [1.807, 2.05) is 6.92 Å². The Kier molecular flexibility index (Phi) is 4.40. The summed E-state index contributed by atoms with van der Waals surface area (Å²) in [6.07, 6.45) is 6.19. The summed E-state index contributed by atoms with van der Waals surface area (Å²) < 4.78 is 0. The third kappa shape index (κ3) is 2.99. The van der Waals surface area contributed by atoms with Gasteiger partial charge in [0.25, 0.3) is 0 Å². The zero-order valence-corrected chi connectivity index (χ0v) is 13.2. The molecule has 0 radical (unpaired) electrons. The molecule has 1 aliphatic carbocycles. The Labute approximate surface area is 122 Å². The Morgan fingerprint density at radius 2 is 1.70 bits per heavy atom. The topological polar surface area (TPSA) is 49.4 Å². The van der Waals surface area contributed by atoms with Gasteiger partial charge in [-0.1, -0.05) is 26.2 Å². The predicted molar refractivity (Wildman–Crippen MR) is 79.1 cm³/mol. The highest BCUT2D eigenvalue weighted by molar-refractivity contribution is 5.99. The molecule has 0 spiro atoms. The average Bonchev–Trinajstić information content (AvgIpc) is 2.42. The summed E-state index contributed by atoms with van der Waals surface area (Å²) in [4.78, 5) is 26.3. The first kappa shape index (κ1) is 15.3. The Balaban J connectivity index is 2.00. The first-order chi connectivity index (χ1) is 9.35. The molecule has 0 aromatic rings. The summed E-state index contributed by atoms with van der Waals surface area (Å²) in [5, 5.41) is 2.81. The Bertz CT molecular complexity index is 384. The molecular weight excluding hydrogens is 252 g/mol. The van der Waals surface area contributed by atoms with Crippen molar-refractivity contribution < 1.29 is 9.59 Å². The minimum atomic E-state index is -0.760. The molecular formula is C16H28N2O2. The Hall–Kier alpha value is -1.06. The maximum atomic E-state index is 12.5. The highest BCUT2D eigenvalue weighted by Gasteiger charge is 2.43. The summed E-state index contributed by atoms with van der Waals surface area (Å²) >= 11 is 0. The molecule has 4 heteroatoms. The molecule has 0 aromatic carbocycles. The number of carbonyl (C=O) groups excluding carboxylic acids is 2. The smallest absolute Gasteiger partial charge is 0.248 e. The standard InChI is InChI=1S/C16H28N2O2/c1-5-12-6-8-13(9-7-12)10-18-11(2)14(19)17-16(3,4)15(18)20/h11-13H,5-10H2,1-4H3,(H,17,19). The molecule has 1 atom stereocenters. The number of nitrogens with one attached hydrogen (secondary N) is 1. The van der Waals surface area contributed by atoms with Crippen molar-refractivity contribution in [3.63, 3.8) is 0 Å².